The predicted molar refractivity (Wildman–Crippen MR) is 199 cm³/mol. The average molecular weight is 704 g/mol. The normalized spacial score (nSPS) is 16.5. The van der Waals surface area contributed by atoms with Gasteiger partial charge < -0.3 is 28.6 Å². The van der Waals surface area contributed by atoms with Crippen molar-refractivity contribution >= 4 is 29.4 Å². The minimum Gasteiger partial charge on any atom is -0.484 e. The molecule has 1 aromatic heterocycles. The van der Waals surface area contributed by atoms with E-state index in [0.717, 1.165) is 61.3 Å². The number of nitrogens with zero attached hydrogens (tertiary/aromatic N) is 3. The van der Waals surface area contributed by atoms with Crippen LogP contribution in [-0.4, -0.2) is 49.1 Å². The smallest absolute Gasteiger partial charge is 0.265 e. The van der Waals surface area contributed by atoms with Crippen LogP contribution >= 0.6 is 0 Å². The van der Waals surface area contributed by atoms with Crippen molar-refractivity contribution in [3.63, 3.8) is 0 Å². The first kappa shape index (κ1) is 34.9. The number of benzene rings is 3. The van der Waals surface area contributed by atoms with Crippen LogP contribution in [0.5, 0.6) is 28.7 Å². The van der Waals surface area contributed by atoms with Gasteiger partial charge in [0.25, 0.3) is 11.8 Å². The van der Waals surface area contributed by atoms with E-state index in [-0.39, 0.29) is 44.1 Å². The minimum absolute atomic E-state index is 0.00500. The van der Waals surface area contributed by atoms with Gasteiger partial charge in [-0.2, -0.15) is 0 Å². The number of fused-ring (bicyclic) bond motifs is 2. The van der Waals surface area contributed by atoms with Crippen LogP contribution < -0.4 is 33.5 Å². The molecule has 0 unspecified atom stereocenters. The number of amides is 2. The van der Waals surface area contributed by atoms with Crippen LogP contribution in [-0.2, 0) is 9.59 Å². The molecule has 10 nitrogen and oxygen atoms in total. The zero-order chi connectivity index (χ0) is 35.5. The summed E-state index contributed by atoms with van der Waals surface area (Å²) in [7, 11) is 0. The molecule has 4 aromatic rings. The number of hydrogen-bond donors (Lipinski definition) is 0. The van der Waals surface area contributed by atoms with Crippen molar-refractivity contribution in [2.45, 2.75) is 76.3 Å². The number of rotatable bonds is 9. The topological polar surface area (TPSA) is 99.7 Å². The van der Waals surface area contributed by atoms with E-state index in [1.807, 2.05) is 82.6 Å². The second kappa shape index (κ2) is 17.1. The Morgan fingerprint density at radius 1 is 0.673 bits per heavy atom. The van der Waals surface area contributed by atoms with E-state index < -0.39 is 0 Å². The number of hydrogen-bond acceptors (Lipinski definition) is 8. The van der Waals surface area contributed by atoms with Gasteiger partial charge in [0.2, 0.25) is 13.6 Å². The number of anilines is 2. The number of carbonyl (C=O) groups excluding carboxylic acids is 2. The van der Waals surface area contributed by atoms with E-state index in [1.54, 1.807) is 30.5 Å². The summed E-state index contributed by atoms with van der Waals surface area (Å²) >= 11 is 0. The Kier molecular flexibility index (Phi) is 11.5. The number of ether oxygens (including phenoxy) is 5. The third-order valence-electron chi connectivity index (χ3n) is 9.84. The number of para-hydroxylation sites is 1. The monoisotopic (exact) mass is 703 g/mol. The SMILES string of the molecule is O=C(/C=C/c1ccc2c(c1)OCO2)N(c1ccccn1)C1CCCCC1.O=C(COc1ccc2c(c1)OCO2)N(c1ccccc1)C1CCCCC1. The van der Waals surface area contributed by atoms with Gasteiger partial charge in [0, 0.05) is 36.1 Å². The molecule has 0 saturated heterocycles. The van der Waals surface area contributed by atoms with Crippen LogP contribution in [0.4, 0.5) is 11.5 Å². The second-order valence-electron chi connectivity index (χ2n) is 13.3. The highest BCUT2D eigenvalue weighted by Gasteiger charge is 2.28. The zero-order valence-electron chi connectivity index (χ0n) is 29.4. The molecule has 2 fully saturated rings. The van der Waals surface area contributed by atoms with Crippen LogP contribution in [0.15, 0.2) is 97.2 Å². The summed E-state index contributed by atoms with van der Waals surface area (Å²) in [5.41, 5.74) is 1.85. The highest BCUT2D eigenvalue weighted by atomic mass is 16.7. The highest BCUT2D eigenvalue weighted by Crippen LogP contribution is 2.36. The first-order valence-corrected chi connectivity index (χ1v) is 18.3. The van der Waals surface area contributed by atoms with Crippen molar-refractivity contribution in [2.24, 2.45) is 0 Å². The van der Waals surface area contributed by atoms with Crippen molar-refractivity contribution in [3.8, 4) is 28.7 Å². The average Bonchev–Trinajstić information content (AvgIpc) is 3.88. The Morgan fingerprint density at radius 3 is 1.96 bits per heavy atom. The van der Waals surface area contributed by atoms with Gasteiger partial charge in [-0.05, 0) is 85.9 Å². The summed E-state index contributed by atoms with van der Waals surface area (Å²) in [6, 6.07) is 27.1. The molecule has 3 aromatic carbocycles. The van der Waals surface area contributed by atoms with E-state index in [1.165, 1.54) is 25.7 Å². The maximum Gasteiger partial charge on any atom is 0.265 e. The molecule has 0 radical (unpaired) electrons. The summed E-state index contributed by atoms with van der Waals surface area (Å²) in [6.07, 6.45) is 16.5. The Balaban J connectivity index is 0.000000162. The van der Waals surface area contributed by atoms with Crippen LogP contribution in [0.1, 0.15) is 69.8 Å². The summed E-state index contributed by atoms with van der Waals surface area (Å²) in [6.45, 7) is 0.475. The minimum atomic E-state index is -0.0340. The van der Waals surface area contributed by atoms with Gasteiger partial charge in [0.1, 0.15) is 11.6 Å². The molecule has 0 N–H and O–H groups in total. The third kappa shape index (κ3) is 8.67. The zero-order valence-corrected chi connectivity index (χ0v) is 29.4. The van der Waals surface area contributed by atoms with Crippen molar-refractivity contribution in [3.05, 3.63) is 103 Å². The van der Waals surface area contributed by atoms with Crippen LogP contribution in [0, 0.1) is 0 Å². The quantitative estimate of drug-likeness (QED) is 0.161. The molecule has 2 aliphatic carbocycles. The van der Waals surface area contributed by atoms with Crippen molar-refractivity contribution in [2.75, 3.05) is 30.0 Å². The third-order valence-corrected chi connectivity index (χ3v) is 9.84. The Hall–Kier alpha value is -5.51. The fourth-order valence-electron chi connectivity index (χ4n) is 7.25. The molecule has 10 heteroatoms. The van der Waals surface area contributed by atoms with Gasteiger partial charge in [-0.1, -0.05) is 68.9 Å². The number of carbonyl (C=O) groups is 2. The van der Waals surface area contributed by atoms with Crippen molar-refractivity contribution in [1.29, 1.82) is 0 Å². The van der Waals surface area contributed by atoms with Gasteiger partial charge in [-0.25, -0.2) is 4.98 Å². The van der Waals surface area contributed by atoms with Gasteiger partial charge in [0.05, 0.1) is 0 Å². The van der Waals surface area contributed by atoms with E-state index in [2.05, 4.69) is 4.98 Å². The van der Waals surface area contributed by atoms with Gasteiger partial charge in [-0.15, -0.1) is 0 Å². The van der Waals surface area contributed by atoms with Gasteiger partial charge in [-0.3, -0.25) is 14.5 Å². The highest BCUT2D eigenvalue weighted by molar-refractivity contribution is 6.03. The molecular formula is C42H45N3O7. The van der Waals surface area contributed by atoms with Crippen LogP contribution in [0.2, 0.25) is 0 Å². The van der Waals surface area contributed by atoms with Crippen molar-refractivity contribution < 1.29 is 33.3 Å². The van der Waals surface area contributed by atoms with Gasteiger partial charge >= 0.3 is 0 Å². The summed E-state index contributed by atoms with van der Waals surface area (Å²) in [5, 5.41) is 0. The molecular weight excluding hydrogens is 658 g/mol. The van der Waals surface area contributed by atoms with Crippen LogP contribution in [0.25, 0.3) is 6.08 Å². The molecule has 8 rings (SSSR count). The molecule has 2 saturated carbocycles. The molecule has 0 atom stereocenters. The fourth-order valence-corrected chi connectivity index (χ4v) is 7.25. The van der Waals surface area contributed by atoms with E-state index in [0.29, 0.717) is 23.0 Å². The lowest BCUT2D eigenvalue weighted by molar-refractivity contribution is -0.121. The lowest BCUT2D eigenvalue weighted by Crippen LogP contribution is -2.44. The first-order valence-electron chi connectivity index (χ1n) is 18.3. The Morgan fingerprint density at radius 2 is 1.29 bits per heavy atom. The molecule has 0 spiro atoms. The molecule has 0 bridgehead atoms. The number of aromatic nitrogens is 1. The van der Waals surface area contributed by atoms with E-state index >= 15 is 0 Å². The maximum atomic E-state index is 13.0. The van der Waals surface area contributed by atoms with E-state index in [9.17, 15) is 9.59 Å². The first-order chi connectivity index (χ1) is 25.6. The lowest BCUT2D eigenvalue weighted by Gasteiger charge is -2.34. The largest absolute Gasteiger partial charge is 0.484 e. The van der Waals surface area contributed by atoms with Crippen molar-refractivity contribution in [1.82, 2.24) is 4.98 Å². The summed E-state index contributed by atoms with van der Waals surface area (Å²) in [5.74, 6) is 4.10. The molecule has 3 heterocycles. The van der Waals surface area contributed by atoms with Gasteiger partial charge in [0.15, 0.2) is 29.6 Å². The Labute approximate surface area is 304 Å². The summed E-state index contributed by atoms with van der Waals surface area (Å²) in [4.78, 5) is 34.2. The second-order valence-corrected chi connectivity index (χ2v) is 13.3. The lowest BCUT2D eigenvalue weighted by atomic mass is 9.93. The number of pyridine rings is 1. The predicted octanol–water partition coefficient (Wildman–Crippen LogP) is 8.35. The Bertz CT molecular complexity index is 1820. The fraction of sp³-hybridized carbons (Fsp3) is 0.357. The van der Waals surface area contributed by atoms with E-state index in [4.69, 9.17) is 23.7 Å². The summed E-state index contributed by atoms with van der Waals surface area (Å²) < 4.78 is 27.1. The standard InChI is InChI=1S/C21H22N2O3.C21H23NO4/c24-21(12-10-16-9-11-18-19(14-16)26-15-25-18)23(17-6-2-1-3-7-17)20-8-4-5-13-22-20;23-21(14-24-18-11-12-19-20(13-18)26-15-25-19)22(16-7-3-1-4-8-16)17-9-5-2-6-10-17/h4-5,8-14,17H,1-3,6-7,15H2;1,3-4,7-8,11-13,17H,2,5-6,9-10,14-15H2/b12-10+;. The molecule has 270 valence electrons. The molecule has 2 aliphatic heterocycles. The molecule has 52 heavy (non-hydrogen) atoms. The molecule has 4 aliphatic rings. The maximum absolute atomic E-state index is 13.0. The van der Waals surface area contributed by atoms with Crippen LogP contribution in [0.3, 0.4) is 0 Å². The molecule has 2 amide bonds.